The molecule has 1 amide bonds. The Morgan fingerprint density at radius 3 is 2.87 bits per heavy atom. The van der Waals surface area contributed by atoms with Gasteiger partial charge in [-0.05, 0) is 18.9 Å². The van der Waals surface area contributed by atoms with Gasteiger partial charge >= 0.3 is 0 Å². The summed E-state index contributed by atoms with van der Waals surface area (Å²) in [6, 6.07) is 1.92. The number of amides is 1. The summed E-state index contributed by atoms with van der Waals surface area (Å²) >= 11 is 0. The van der Waals surface area contributed by atoms with E-state index < -0.39 is 11.6 Å². The number of hydrogen-bond acceptors (Lipinski definition) is 6. The number of imidazole rings is 1. The minimum Gasteiger partial charge on any atom is -0.368 e. The SMILES string of the molecule is Cn1cncc1C(=O)N1CCCC(c2nc3c4cc(F)cc(F)c4nc(N)n3n2)C1. The molecule has 9 nitrogen and oxygen atoms in total. The van der Waals surface area contributed by atoms with Crippen LogP contribution in [0.2, 0.25) is 0 Å². The maximum absolute atomic E-state index is 14.2. The number of benzene rings is 1. The predicted molar refractivity (Wildman–Crippen MR) is 104 cm³/mol. The van der Waals surface area contributed by atoms with E-state index in [1.807, 2.05) is 0 Å². The minimum atomic E-state index is -0.811. The summed E-state index contributed by atoms with van der Waals surface area (Å²) in [7, 11) is 1.77. The average Bonchev–Trinajstić information content (AvgIpc) is 3.36. The van der Waals surface area contributed by atoms with Crippen molar-refractivity contribution in [2.75, 3.05) is 18.8 Å². The van der Waals surface area contributed by atoms with Gasteiger partial charge in [-0.3, -0.25) is 4.79 Å². The zero-order chi connectivity index (χ0) is 21.0. The van der Waals surface area contributed by atoms with Gasteiger partial charge in [0.25, 0.3) is 5.91 Å². The maximum atomic E-state index is 14.2. The number of piperidine rings is 1. The summed E-state index contributed by atoms with van der Waals surface area (Å²) in [6.07, 6.45) is 4.68. The standard InChI is InChI=1S/C19H18F2N8O/c1-27-9-23-7-14(27)18(30)28-4-2-3-10(8-28)16-25-17-12-5-11(20)6-13(21)15(12)24-19(22)29(17)26-16/h5-7,9-10H,2-4,8H2,1H3,(H2,22,24). The second-order valence-corrected chi connectivity index (χ2v) is 7.44. The van der Waals surface area contributed by atoms with Gasteiger partial charge in [0.05, 0.1) is 17.9 Å². The largest absolute Gasteiger partial charge is 0.368 e. The van der Waals surface area contributed by atoms with E-state index in [1.54, 1.807) is 22.8 Å². The van der Waals surface area contributed by atoms with Crippen LogP contribution in [-0.2, 0) is 7.05 Å². The van der Waals surface area contributed by atoms with Crippen LogP contribution in [0.4, 0.5) is 14.7 Å². The van der Waals surface area contributed by atoms with Crippen LogP contribution < -0.4 is 5.73 Å². The fourth-order valence-corrected chi connectivity index (χ4v) is 3.94. The van der Waals surface area contributed by atoms with Gasteiger partial charge < -0.3 is 15.2 Å². The molecule has 11 heteroatoms. The van der Waals surface area contributed by atoms with Crippen molar-refractivity contribution >= 4 is 28.4 Å². The van der Waals surface area contributed by atoms with Gasteiger partial charge in [0.15, 0.2) is 17.3 Å². The van der Waals surface area contributed by atoms with Crippen molar-refractivity contribution in [2.24, 2.45) is 7.05 Å². The van der Waals surface area contributed by atoms with Gasteiger partial charge in [-0.15, -0.1) is 5.10 Å². The highest BCUT2D eigenvalue weighted by Crippen LogP contribution is 2.29. The molecule has 30 heavy (non-hydrogen) atoms. The van der Waals surface area contributed by atoms with E-state index in [1.165, 1.54) is 10.7 Å². The summed E-state index contributed by atoms with van der Waals surface area (Å²) < 4.78 is 30.9. The summed E-state index contributed by atoms with van der Waals surface area (Å²) in [4.78, 5) is 27.1. The van der Waals surface area contributed by atoms with E-state index >= 15 is 0 Å². The first kappa shape index (κ1) is 18.4. The molecule has 1 fully saturated rings. The Hall–Kier alpha value is -3.63. The molecule has 1 atom stereocenters. The Kier molecular flexibility index (Phi) is 4.12. The van der Waals surface area contributed by atoms with Crippen molar-refractivity contribution in [3.05, 3.63) is 47.8 Å². The number of rotatable bonds is 2. The number of nitrogen functional groups attached to an aromatic ring is 1. The molecule has 4 aromatic rings. The number of hydrogen-bond donors (Lipinski definition) is 1. The zero-order valence-electron chi connectivity index (χ0n) is 16.1. The van der Waals surface area contributed by atoms with Gasteiger partial charge in [0, 0.05) is 32.1 Å². The summed E-state index contributed by atoms with van der Waals surface area (Å²) in [6.45, 7) is 1.05. The Bertz CT molecular complexity index is 1300. The molecule has 1 aromatic carbocycles. The number of nitrogens with zero attached hydrogens (tertiary/aromatic N) is 7. The van der Waals surface area contributed by atoms with Crippen molar-refractivity contribution in [3.8, 4) is 0 Å². The lowest BCUT2D eigenvalue weighted by atomic mass is 9.97. The number of carbonyl (C=O) groups is 1. The molecule has 2 N–H and O–H groups in total. The number of aromatic nitrogens is 6. The van der Waals surface area contributed by atoms with Crippen molar-refractivity contribution in [1.82, 2.24) is 34.0 Å². The third-order valence-corrected chi connectivity index (χ3v) is 5.45. The normalized spacial score (nSPS) is 17.2. The van der Waals surface area contributed by atoms with Gasteiger partial charge in [0.1, 0.15) is 17.0 Å². The molecule has 3 aromatic heterocycles. The maximum Gasteiger partial charge on any atom is 0.272 e. The van der Waals surface area contributed by atoms with Gasteiger partial charge in [-0.25, -0.2) is 23.7 Å². The van der Waals surface area contributed by atoms with Crippen molar-refractivity contribution < 1.29 is 13.6 Å². The third-order valence-electron chi connectivity index (χ3n) is 5.45. The number of aryl methyl sites for hydroxylation is 1. The van der Waals surface area contributed by atoms with Gasteiger partial charge in [-0.1, -0.05) is 0 Å². The van der Waals surface area contributed by atoms with Crippen LogP contribution in [0.25, 0.3) is 16.6 Å². The molecule has 4 heterocycles. The lowest BCUT2D eigenvalue weighted by Gasteiger charge is -2.31. The lowest BCUT2D eigenvalue weighted by Crippen LogP contribution is -2.40. The van der Waals surface area contributed by atoms with Crippen LogP contribution in [0, 0.1) is 11.6 Å². The Morgan fingerprint density at radius 2 is 2.10 bits per heavy atom. The third kappa shape index (κ3) is 2.85. The number of carbonyl (C=O) groups excluding carboxylic acids is 1. The fourth-order valence-electron chi connectivity index (χ4n) is 3.94. The fraction of sp³-hybridized carbons (Fsp3) is 0.316. The molecular weight excluding hydrogens is 394 g/mol. The average molecular weight is 412 g/mol. The second kappa shape index (κ2) is 6.71. The molecule has 1 aliphatic rings. The summed E-state index contributed by atoms with van der Waals surface area (Å²) in [5.74, 6) is -1.37. The molecule has 0 aliphatic carbocycles. The van der Waals surface area contributed by atoms with Crippen LogP contribution in [0.3, 0.4) is 0 Å². The topological polar surface area (TPSA) is 107 Å². The summed E-state index contributed by atoms with van der Waals surface area (Å²) in [5, 5.41) is 4.63. The molecule has 5 rings (SSSR count). The van der Waals surface area contributed by atoms with E-state index in [9.17, 15) is 13.6 Å². The smallest absolute Gasteiger partial charge is 0.272 e. The van der Waals surface area contributed by atoms with Crippen molar-refractivity contribution in [2.45, 2.75) is 18.8 Å². The van der Waals surface area contributed by atoms with E-state index in [0.29, 0.717) is 24.6 Å². The molecule has 1 saturated heterocycles. The monoisotopic (exact) mass is 412 g/mol. The summed E-state index contributed by atoms with van der Waals surface area (Å²) in [5.41, 5.74) is 6.63. The Balaban J connectivity index is 1.53. The number of fused-ring (bicyclic) bond motifs is 3. The quantitative estimate of drug-likeness (QED) is 0.539. The van der Waals surface area contributed by atoms with Crippen molar-refractivity contribution in [3.63, 3.8) is 0 Å². The molecule has 1 aliphatic heterocycles. The number of halogens is 2. The highest BCUT2D eigenvalue weighted by molar-refractivity contribution is 5.93. The van der Waals surface area contributed by atoms with Crippen LogP contribution in [0.5, 0.6) is 0 Å². The molecule has 154 valence electrons. The number of anilines is 1. The Labute approximate surface area is 169 Å². The minimum absolute atomic E-state index is 0.0413. The van der Waals surface area contributed by atoms with Crippen LogP contribution in [-0.4, -0.2) is 53.0 Å². The number of likely N-dealkylation sites (tertiary alicyclic amines) is 1. The van der Waals surface area contributed by atoms with Crippen LogP contribution >= 0.6 is 0 Å². The Morgan fingerprint density at radius 1 is 1.27 bits per heavy atom. The second-order valence-electron chi connectivity index (χ2n) is 7.44. The molecule has 0 saturated carbocycles. The molecule has 1 unspecified atom stereocenters. The van der Waals surface area contributed by atoms with E-state index in [0.717, 1.165) is 25.0 Å². The highest BCUT2D eigenvalue weighted by atomic mass is 19.1. The first-order valence-corrected chi connectivity index (χ1v) is 9.49. The molecule has 0 radical (unpaired) electrons. The predicted octanol–water partition coefficient (Wildman–Crippen LogP) is 1.89. The molecule has 0 spiro atoms. The molecular formula is C19H18F2N8O. The lowest BCUT2D eigenvalue weighted by molar-refractivity contribution is 0.0695. The number of nitrogens with two attached hydrogens (primary N) is 1. The first-order chi connectivity index (χ1) is 14.4. The van der Waals surface area contributed by atoms with Gasteiger partial charge in [-0.2, -0.15) is 4.52 Å². The highest BCUT2D eigenvalue weighted by Gasteiger charge is 2.29. The molecule has 0 bridgehead atoms. The van der Waals surface area contributed by atoms with Crippen LogP contribution in [0.15, 0.2) is 24.7 Å². The van der Waals surface area contributed by atoms with Crippen molar-refractivity contribution in [1.29, 1.82) is 0 Å². The van der Waals surface area contributed by atoms with Crippen LogP contribution in [0.1, 0.15) is 35.1 Å². The van der Waals surface area contributed by atoms with Gasteiger partial charge in [0.2, 0.25) is 5.95 Å². The van der Waals surface area contributed by atoms with E-state index in [-0.39, 0.29) is 34.3 Å². The zero-order valence-corrected chi connectivity index (χ0v) is 16.1. The first-order valence-electron chi connectivity index (χ1n) is 9.49. The van der Waals surface area contributed by atoms with E-state index in [4.69, 9.17) is 5.73 Å². The van der Waals surface area contributed by atoms with E-state index in [2.05, 4.69) is 20.1 Å².